The van der Waals surface area contributed by atoms with Crippen LogP contribution in [0.15, 0.2) is 40.5 Å². The van der Waals surface area contributed by atoms with Gasteiger partial charge in [-0.25, -0.2) is 4.79 Å². The standard InChI is InChI=1S/C21H27NO5/c1-6-25-16-11-9-15(10-12-16)19-17(20(23)26-7-2)13(4)22-14(5)18(19)21(24)27-8-3/h9-12,17,19H,6-8H2,1-5H3. The van der Waals surface area contributed by atoms with Crippen LogP contribution in [0.2, 0.25) is 0 Å². The van der Waals surface area contributed by atoms with E-state index in [0.717, 1.165) is 11.3 Å². The third-order valence-electron chi connectivity index (χ3n) is 4.41. The Balaban J connectivity index is 2.55. The summed E-state index contributed by atoms with van der Waals surface area (Å²) in [5.74, 6) is -1.32. The van der Waals surface area contributed by atoms with Crippen LogP contribution in [-0.4, -0.2) is 37.5 Å². The van der Waals surface area contributed by atoms with Crippen LogP contribution in [0.3, 0.4) is 0 Å². The average Bonchev–Trinajstić information content (AvgIpc) is 2.62. The van der Waals surface area contributed by atoms with Gasteiger partial charge in [-0.15, -0.1) is 0 Å². The Kier molecular flexibility index (Phi) is 7.16. The fraction of sp³-hybridized carbons (Fsp3) is 0.476. The van der Waals surface area contributed by atoms with Crippen molar-refractivity contribution in [2.24, 2.45) is 10.9 Å². The normalized spacial score (nSPS) is 19.4. The van der Waals surface area contributed by atoms with Gasteiger partial charge in [0.15, 0.2) is 0 Å². The molecule has 2 rings (SSSR count). The van der Waals surface area contributed by atoms with E-state index in [-0.39, 0.29) is 13.2 Å². The second-order valence-corrected chi connectivity index (χ2v) is 6.18. The Morgan fingerprint density at radius 1 is 0.963 bits per heavy atom. The Labute approximate surface area is 160 Å². The van der Waals surface area contributed by atoms with Gasteiger partial charge >= 0.3 is 11.9 Å². The topological polar surface area (TPSA) is 74.2 Å². The highest BCUT2D eigenvalue weighted by atomic mass is 16.5. The predicted octanol–water partition coefficient (Wildman–Crippen LogP) is 3.66. The summed E-state index contributed by atoms with van der Waals surface area (Å²) in [6.45, 7) is 10.0. The van der Waals surface area contributed by atoms with Crippen LogP contribution in [0.5, 0.6) is 5.75 Å². The van der Waals surface area contributed by atoms with Gasteiger partial charge in [0.1, 0.15) is 11.7 Å². The van der Waals surface area contributed by atoms with Crippen LogP contribution in [0.1, 0.15) is 46.1 Å². The number of rotatable bonds is 7. The van der Waals surface area contributed by atoms with E-state index in [4.69, 9.17) is 14.2 Å². The van der Waals surface area contributed by atoms with Crippen molar-refractivity contribution in [3.8, 4) is 5.75 Å². The largest absolute Gasteiger partial charge is 0.494 e. The van der Waals surface area contributed by atoms with E-state index < -0.39 is 23.8 Å². The van der Waals surface area contributed by atoms with E-state index >= 15 is 0 Å². The summed E-state index contributed by atoms with van der Waals surface area (Å²) in [6, 6.07) is 7.40. The van der Waals surface area contributed by atoms with Gasteiger partial charge in [-0.3, -0.25) is 9.79 Å². The lowest BCUT2D eigenvalue weighted by Crippen LogP contribution is -2.36. The molecular weight excluding hydrogens is 346 g/mol. The van der Waals surface area contributed by atoms with Gasteiger partial charge in [0.2, 0.25) is 0 Å². The maximum Gasteiger partial charge on any atom is 0.336 e. The first-order valence-corrected chi connectivity index (χ1v) is 9.26. The van der Waals surface area contributed by atoms with E-state index in [9.17, 15) is 9.59 Å². The van der Waals surface area contributed by atoms with E-state index in [2.05, 4.69) is 4.99 Å². The minimum absolute atomic E-state index is 0.248. The van der Waals surface area contributed by atoms with Crippen LogP contribution < -0.4 is 4.74 Å². The van der Waals surface area contributed by atoms with Crippen molar-refractivity contribution in [1.29, 1.82) is 0 Å². The smallest absolute Gasteiger partial charge is 0.336 e. The van der Waals surface area contributed by atoms with Crippen molar-refractivity contribution in [3.63, 3.8) is 0 Å². The minimum Gasteiger partial charge on any atom is -0.494 e. The maximum atomic E-state index is 12.7. The van der Waals surface area contributed by atoms with Crippen LogP contribution in [0, 0.1) is 5.92 Å². The summed E-state index contributed by atoms with van der Waals surface area (Å²) < 4.78 is 16.0. The first kappa shape index (κ1) is 20.7. The van der Waals surface area contributed by atoms with Gasteiger partial charge in [-0.05, 0) is 52.3 Å². The highest BCUT2D eigenvalue weighted by Gasteiger charge is 2.42. The molecule has 0 bridgehead atoms. The van der Waals surface area contributed by atoms with Gasteiger partial charge in [-0.2, -0.15) is 0 Å². The Morgan fingerprint density at radius 3 is 2.15 bits per heavy atom. The van der Waals surface area contributed by atoms with E-state index in [1.165, 1.54) is 0 Å². The maximum absolute atomic E-state index is 12.7. The summed E-state index contributed by atoms with van der Waals surface area (Å²) in [5, 5.41) is 0. The van der Waals surface area contributed by atoms with Crippen molar-refractivity contribution >= 4 is 17.7 Å². The molecule has 6 nitrogen and oxygen atoms in total. The molecule has 0 radical (unpaired) electrons. The fourth-order valence-corrected chi connectivity index (χ4v) is 3.35. The number of hydrogen-bond acceptors (Lipinski definition) is 6. The van der Waals surface area contributed by atoms with E-state index in [1.54, 1.807) is 27.7 Å². The number of benzene rings is 1. The van der Waals surface area contributed by atoms with Crippen molar-refractivity contribution in [2.45, 2.75) is 40.5 Å². The summed E-state index contributed by atoms with van der Waals surface area (Å²) in [7, 11) is 0. The van der Waals surface area contributed by atoms with Crippen LogP contribution in [0.25, 0.3) is 0 Å². The number of esters is 2. The molecule has 1 aliphatic heterocycles. The highest BCUT2D eigenvalue weighted by Crippen LogP contribution is 2.40. The molecule has 0 fully saturated rings. The molecule has 27 heavy (non-hydrogen) atoms. The SMILES string of the molecule is CCOC(=O)C1=C(C)N=C(C)C(C(=O)OCC)C1c1ccc(OCC)cc1. The molecule has 1 heterocycles. The quantitative estimate of drug-likeness (QED) is 0.682. The molecule has 1 aromatic carbocycles. The van der Waals surface area contributed by atoms with Crippen LogP contribution in [-0.2, 0) is 19.1 Å². The van der Waals surface area contributed by atoms with Crippen molar-refractivity contribution in [2.75, 3.05) is 19.8 Å². The van der Waals surface area contributed by atoms with Gasteiger partial charge in [-0.1, -0.05) is 12.1 Å². The van der Waals surface area contributed by atoms with Crippen LogP contribution >= 0.6 is 0 Å². The molecule has 0 saturated carbocycles. The lowest BCUT2D eigenvalue weighted by Gasteiger charge is -2.31. The molecule has 2 atom stereocenters. The molecule has 1 aromatic rings. The summed E-state index contributed by atoms with van der Waals surface area (Å²) >= 11 is 0. The Morgan fingerprint density at radius 2 is 1.59 bits per heavy atom. The van der Waals surface area contributed by atoms with Crippen LogP contribution in [0.4, 0.5) is 0 Å². The zero-order valence-electron chi connectivity index (χ0n) is 16.6. The highest BCUT2D eigenvalue weighted by molar-refractivity contribution is 6.07. The molecule has 1 aliphatic rings. The number of ether oxygens (including phenoxy) is 3. The Hall–Kier alpha value is -2.63. The first-order valence-electron chi connectivity index (χ1n) is 9.26. The summed E-state index contributed by atoms with van der Waals surface area (Å²) in [4.78, 5) is 29.8. The summed E-state index contributed by atoms with van der Waals surface area (Å²) in [6.07, 6.45) is 0. The minimum atomic E-state index is -0.675. The lowest BCUT2D eigenvalue weighted by molar-refractivity contribution is -0.146. The lowest BCUT2D eigenvalue weighted by atomic mass is 9.75. The molecule has 2 unspecified atom stereocenters. The van der Waals surface area contributed by atoms with Crippen molar-refractivity contribution < 1.29 is 23.8 Å². The molecule has 0 spiro atoms. The molecule has 0 saturated heterocycles. The molecule has 6 heteroatoms. The fourth-order valence-electron chi connectivity index (χ4n) is 3.35. The van der Waals surface area contributed by atoms with Crippen molar-refractivity contribution in [1.82, 2.24) is 0 Å². The van der Waals surface area contributed by atoms with Crippen molar-refractivity contribution in [3.05, 3.63) is 41.1 Å². The number of aliphatic imine (C=N–C) groups is 1. The molecule has 146 valence electrons. The number of hydrogen-bond donors (Lipinski definition) is 0. The van der Waals surface area contributed by atoms with Gasteiger partial charge in [0, 0.05) is 17.3 Å². The second kappa shape index (κ2) is 9.35. The van der Waals surface area contributed by atoms with Gasteiger partial charge < -0.3 is 14.2 Å². The number of nitrogens with zero attached hydrogens (tertiary/aromatic N) is 1. The number of carbonyl (C=O) groups is 2. The zero-order valence-corrected chi connectivity index (χ0v) is 16.6. The average molecular weight is 373 g/mol. The summed E-state index contributed by atoms with van der Waals surface area (Å²) in [5.41, 5.74) is 2.39. The van der Waals surface area contributed by atoms with E-state index in [1.807, 2.05) is 31.2 Å². The predicted molar refractivity (Wildman–Crippen MR) is 103 cm³/mol. The van der Waals surface area contributed by atoms with Gasteiger partial charge in [0.25, 0.3) is 0 Å². The third kappa shape index (κ3) is 4.56. The first-order chi connectivity index (χ1) is 12.9. The number of carbonyl (C=O) groups excluding carboxylic acids is 2. The molecule has 0 N–H and O–H groups in total. The number of allylic oxidation sites excluding steroid dienone is 1. The molecule has 0 amide bonds. The second-order valence-electron chi connectivity index (χ2n) is 6.18. The third-order valence-corrected chi connectivity index (χ3v) is 4.41. The molecular formula is C21H27NO5. The van der Waals surface area contributed by atoms with E-state index in [0.29, 0.717) is 23.6 Å². The molecule has 0 aromatic heterocycles. The van der Waals surface area contributed by atoms with Gasteiger partial charge in [0.05, 0.1) is 25.4 Å². The monoisotopic (exact) mass is 373 g/mol. The molecule has 0 aliphatic carbocycles. The zero-order chi connectivity index (χ0) is 20.0. The Bertz CT molecular complexity index is 748.